The highest BCUT2D eigenvalue weighted by Gasteiger charge is 2.23. The maximum absolute atomic E-state index is 12.5. The van der Waals surface area contributed by atoms with Crippen LogP contribution in [0.3, 0.4) is 0 Å². The number of fused-ring (bicyclic) bond motifs is 1. The number of ether oxygens (including phenoxy) is 2. The van der Waals surface area contributed by atoms with Gasteiger partial charge in [0.25, 0.3) is 5.69 Å². The highest BCUT2D eigenvalue weighted by atomic mass is 16.6. The van der Waals surface area contributed by atoms with Gasteiger partial charge in [0.15, 0.2) is 5.78 Å². The standard InChI is InChI=1S/C17H13NO6/c1-23-15-8-10(7-13(17(15)20)18(21)22)6-11-9-24-14-5-3-2-4-12(14)16(11)19/h2-8,20H,9H2,1H3/p-1/b11-6+. The predicted octanol–water partition coefficient (Wildman–Crippen LogP) is 2.34. The molecule has 3 rings (SSSR count). The maximum Gasteiger partial charge on any atom is 0.266 e. The fourth-order valence-electron chi connectivity index (χ4n) is 2.46. The Kier molecular flexibility index (Phi) is 3.91. The first-order chi connectivity index (χ1) is 11.5. The number of hydrogen-bond donors (Lipinski definition) is 0. The number of nitro benzene ring substituents is 1. The summed E-state index contributed by atoms with van der Waals surface area (Å²) in [4.78, 5) is 22.7. The molecule has 24 heavy (non-hydrogen) atoms. The zero-order valence-corrected chi connectivity index (χ0v) is 12.6. The van der Waals surface area contributed by atoms with E-state index in [0.717, 1.165) is 6.07 Å². The fourth-order valence-corrected chi connectivity index (χ4v) is 2.46. The van der Waals surface area contributed by atoms with E-state index in [2.05, 4.69) is 0 Å². The topological polar surface area (TPSA) is 102 Å². The van der Waals surface area contributed by atoms with E-state index in [-0.39, 0.29) is 18.1 Å². The molecule has 122 valence electrons. The van der Waals surface area contributed by atoms with Crippen molar-refractivity contribution < 1.29 is 24.3 Å². The third kappa shape index (κ3) is 2.67. The molecule has 0 fully saturated rings. The summed E-state index contributed by atoms with van der Waals surface area (Å²) in [6, 6.07) is 9.31. The van der Waals surface area contributed by atoms with E-state index in [1.54, 1.807) is 24.3 Å². The van der Waals surface area contributed by atoms with Gasteiger partial charge < -0.3 is 14.6 Å². The number of ketones is 1. The Balaban J connectivity index is 2.05. The Morgan fingerprint density at radius 1 is 1.29 bits per heavy atom. The molecule has 7 nitrogen and oxygen atoms in total. The van der Waals surface area contributed by atoms with Crippen molar-refractivity contribution in [3.63, 3.8) is 0 Å². The second kappa shape index (κ2) is 6.04. The molecular formula is C17H12NO6-. The van der Waals surface area contributed by atoms with Crippen molar-refractivity contribution in [2.24, 2.45) is 0 Å². The van der Waals surface area contributed by atoms with Gasteiger partial charge in [-0.25, -0.2) is 0 Å². The first-order valence-corrected chi connectivity index (χ1v) is 7.02. The molecule has 0 saturated heterocycles. The molecule has 1 aliphatic heterocycles. The van der Waals surface area contributed by atoms with E-state index in [1.807, 2.05) is 0 Å². The quantitative estimate of drug-likeness (QED) is 0.487. The van der Waals surface area contributed by atoms with E-state index in [0.29, 0.717) is 22.4 Å². The molecule has 0 aromatic heterocycles. The van der Waals surface area contributed by atoms with Crippen LogP contribution in [-0.2, 0) is 0 Å². The average molecular weight is 326 g/mol. The molecule has 2 aromatic carbocycles. The summed E-state index contributed by atoms with van der Waals surface area (Å²) in [7, 11) is 1.25. The minimum Gasteiger partial charge on any atom is -0.865 e. The first kappa shape index (κ1) is 15.5. The number of benzene rings is 2. The molecule has 2 aromatic rings. The number of carbonyl (C=O) groups is 1. The first-order valence-electron chi connectivity index (χ1n) is 7.02. The van der Waals surface area contributed by atoms with E-state index < -0.39 is 16.4 Å². The third-order valence-corrected chi connectivity index (χ3v) is 3.62. The minimum absolute atomic E-state index is 0.0467. The van der Waals surface area contributed by atoms with Crippen LogP contribution >= 0.6 is 0 Å². The highest BCUT2D eigenvalue weighted by molar-refractivity contribution is 6.14. The van der Waals surface area contributed by atoms with Crippen LogP contribution in [0, 0.1) is 10.1 Å². The van der Waals surface area contributed by atoms with Gasteiger partial charge in [0, 0.05) is 17.4 Å². The molecule has 0 aliphatic carbocycles. The smallest absolute Gasteiger partial charge is 0.266 e. The number of nitro groups is 1. The second-order valence-electron chi connectivity index (χ2n) is 5.11. The molecule has 1 heterocycles. The summed E-state index contributed by atoms with van der Waals surface area (Å²) in [5.41, 5.74) is 0.482. The van der Waals surface area contributed by atoms with Crippen LogP contribution in [0.2, 0.25) is 0 Å². The summed E-state index contributed by atoms with van der Waals surface area (Å²) in [6.07, 6.45) is 1.47. The Morgan fingerprint density at radius 2 is 2.04 bits per heavy atom. The fraction of sp³-hybridized carbons (Fsp3) is 0.118. The monoisotopic (exact) mass is 326 g/mol. The van der Waals surface area contributed by atoms with Crippen molar-refractivity contribution in [1.29, 1.82) is 0 Å². The lowest BCUT2D eigenvalue weighted by Gasteiger charge is -2.19. The maximum atomic E-state index is 12.5. The van der Waals surface area contributed by atoms with Crippen molar-refractivity contribution in [3.05, 3.63) is 63.2 Å². The summed E-state index contributed by atoms with van der Waals surface area (Å²) in [5, 5.41) is 22.8. The number of rotatable bonds is 3. The van der Waals surface area contributed by atoms with Gasteiger partial charge in [0.2, 0.25) is 0 Å². The van der Waals surface area contributed by atoms with Gasteiger partial charge in [-0.1, -0.05) is 12.1 Å². The Labute approximate surface area is 136 Å². The average Bonchev–Trinajstić information content (AvgIpc) is 2.58. The molecule has 0 N–H and O–H groups in total. The van der Waals surface area contributed by atoms with Gasteiger partial charge in [0.1, 0.15) is 18.1 Å². The van der Waals surface area contributed by atoms with E-state index >= 15 is 0 Å². The highest BCUT2D eigenvalue weighted by Crippen LogP contribution is 2.36. The van der Waals surface area contributed by atoms with Crippen molar-refractivity contribution in [3.8, 4) is 17.2 Å². The van der Waals surface area contributed by atoms with Crippen molar-refractivity contribution >= 4 is 17.5 Å². The van der Waals surface area contributed by atoms with Crippen molar-refractivity contribution in [1.82, 2.24) is 0 Å². The molecule has 7 heteroatoms. The van der Waals surface area contributed by atoms with Crippen LogP contribution in [0.25, 0.3) is 6.08 Å². The number of nitrogens with zero attached hydrogens (tertiary/aromatic N) is 1. The molecule has 0 bridgehead atoms. The van der Waals surface area contributed by atoms with E-state index in [4.69, 9.17) is 9.47 Å². The zero-order chi connectivity index (χ0) is 17.3. The van der Waals surface area contributed by atoms with Gasteiger partial charge in [-0.05, 0) is 29.8 Å². The van der Waals surface area contributed by atoms with Crippen LogP contribution < -0.4 is 14.6 Å². The van der Waals surface area contributed by atoms with Crippen LogP contribution in [0.5, 0.6) is 17.2 Å². The SMILES string of the molecule is COc1cc(/C=C2\COc3ccccc3C2=O)cc([N+](=O)[O-])c1[O-]. The van der Waals surface area contributed by atoms with Crippen LogP contribution in [0.1, 0.15) is 15.9 Å². The normalized spacial score (nSPS) is 14.9. The number of hydrogen-bond acceptors (Lipinski definition) is 6. The largest absolute Gasteiger partial charge is 0.865 e. The Bertz CT molecular complexity index is 871. The lowest BCUT2D eigenvalue weighted by molar-refractivity contribution is -0.398. The third-order valence-electron chi connectivity index (χ3n) is 3.62. The van der Waals surface area contributed by atoms with Gasteiger partial charge in [-0.15, -0.1) is 0 Å². The van der Waals surface area contributed by atoms with Crippen LogP contribution in [0.15, 0.2) is 42.0 Å². The molecule has 0 amide bonds. The molecule has 1 aliphatic rings. The van der Waals surface area contributed by atoms with Crippen molar-refractivity contribution in [2.45, 2.75) is 0 Å². The van der Waals surface area contributed by atoms with E-state index in [1.165, 1.54) is 19.3 Å². The minimum atomic E-state index is -0.804. The van der Waals surface area contributed by atoms with Gasteiger partial charge in [0.05, 0.1) is 17.6 Å². The molecule has 0 unspecified atom stereocenters. The summed E-state index contributed by atoms with van der Waals surface area (Å²) in [6.45, 7) is 0.0467. The second-order valence-corrected chi connectivity index (χ2v) is 5.11. The number of Topliss-reactive ketones (excluding diaryl/α,β-unsaturated/α-hetero) is 1. The number of methoxy groups -OCH3 is 1. The van der Waals surface area contributed by atoms with Crippen LogP contribution in [0.4, 0.5) is 5.69 Å². The Hall–Kier alpha value is -3.35. The molecular weight excluding hydrogens is 314 g/mol. The van der Waals surface area contributed by atoms with Gasteiger partial charge in [-0.2, -0.15) is 0 Å². The lowest BCUT2D eigenvalue weighted by atomic mass is 9.98. The van der Waals surface area contributed by atoms with Gasteiger partial charge in [-0.3, -0.25) is 14.9 Å². The number of carbonyl (C=O) groups excluding carboxylic acids is 1. The molecule has 0 atom stereocenters. The van der Waals surface area contributed by atoms with Crippen molar-refractivity contribution in [2.75, 3.05) is 13.7 Å². The Morgan fingerprint density at radius 3 is 2.75 bits per heavy atom. The summed E-state index contributed by atoms with van der Waals surface area (Å²) < 4.78 is 10.4. The predicted molar refractivity (Wildman–Crippen MR) is 83.3 cm³/mol. The molecule has 0 spiro atoms. The zero-order valence-electron chi connectivity index (χ0n) is 12.6. The number of para-hydroxylation sites is 1. The molecule has 0 radical (unpaired) electrons. The summed E-state index contributed by atoms with van der Waals surface area (Å²) >= 11 is 0. The van der Waals surface area contributed by atoms with E-state index in [9.17, 15) is 20.0 Å². The van der Waals surface area contributed by atoms with Crippen LogP contribution in [-0.4, -0.2) is 24.4 Å². The molecule has 0 saturated carbocycles. The van der Waals surface area contributed by atoms with Gasteiger partial charge >= 0.3 is 0 Å². The lowest BCUT2D eigenvalue weighted by Crippen LogP contribution is -2.18. The summed E-state index contributed by atoms with van der Waals surface area (Å²) in [5.74, 6) is -0.676.